The molecule has 6 N–H and O–H groups in total. The fourth-order valence-corrected chi connectivity index (χ4v) is 12.3. The lowest BCUT2D eigenvalue weighted by Crippen LogP contribution is -2.67. The Kier molecular flexibility index (Phi) is 24.6. The molecule has 98 heavy (non-hydrogen) atoms. The molecule has 2 aliphatic heterocycles. The molecule has 0 unspecified atom stereocenters. The minimum atomic E-state index is -1.22. The molecular weight excluding hydrogens is 1260 g/mol. The van der Waals surface area contributed by atoms with Gasteiger partial charge in [-0.1, -0.05) is 90.1 Å². The van der Waals surface area contributed by atoms with Crippen molar-refractivity contribution in [1.29, 1.82) is 0 Å². The van der Waals surface area contributed by atoms with Crippen LogP contribution in [0.1, 0.15) is 178 Å². The Morgan fingerprint density at radius 3 is 1.15 bits per heavy atom. The zero-order chi connectivity index (χ0) is 72.5. The Balaban J connectivity index is 0.991. The monoisotopic (exact) mass is 1360 g/mol. The molecule has 3 aromatic rings. The number of benzene rings is 3. The molecule has 534 valence electrons. The zero-order valence-corrected chi connectivity index (χ0v) is 59.8. The normalized spacial score (nSPS) is 19.3. The number of carbonyl (C=O) groups excluding carboxylic acids is 12. The number of nitrogens with zero attached hydrogens (tertiary/aromatic N) is 6. The Labute approximate surface area is 575 Å². The molecular formula is C72H102N12O14. The van der Waals surface area contributed by atoms with Gasteiger partial charge in [-0.15, -0.1) is 0 Å². The smallest absolute Gasteiger partial charge is 0.410 e. The maximum atomic E-state index is 14.9. The molecule has 2 heterocycles. The summed E-state index contributed by atoms with van der Waals surface area (Å²) in [5.41, 5.74) is 0.827. The maximum absolute atomic E-state index is 14.9. The highest BCUT2D eigenvalue weighted by Crippen LogP contribution is 2.33. The first-order chi connectivity index (χ1) is 45.7. The summed E-state index contributed by atoms with van der Waals surface area (Å²) in [6, 6.07) is 13.5. The van der Waals surface area contributed by atoms with E-state index in [1.165, 1.54) is 71.8 Å². The van der Waals surface area contributed by atoms with Crippen molar-refractivity contribution in [3.8, 4) is 0 Å². The molecule has 0 saturated carbocycles. The summed E-state index contributed by atoms with van der Waals surface area (Å²) in [6.07, 6.45) is 3.10. The van der Waals surface area contributed by atoms with E-state index in [-0.39, 0.29) is 62.5 Å². The highest BCUT2D eigenvalue weighted by Gasteiger charge is 2.47. The summed E-state index contributed by atoms with van der Waals surface area (Å²) in [7, 11) is 2.84. The fourth-order valence-electron chi connectivity index (χ4n) is 12.3. The van der Waals surface area contributed by atoms with E-state index < -0.39 is 143 Å². The minimum Gasteiger partial charge on any atom is -0.444 e. The summed E-state index contributed by atoms with van der Waals surface area (Å²) in [6.45, 7) is 22.1. The molecule has 0 bridgehead atoms. The Bertz CT molecular complexity index is 3250. The van der Waals surface area contributed by atoms with Crippen molar-refractivity contribution in [1.82, 2.24) is 61.3 Å². The van der Waals surface area contributed by atoms with Crippen molar-refractivity contribution in [2.75, 3.05) is 66.5 Å². The number of aryl methyl sites for hydroxylation is 2. The third-order valence-corrected chi connectivity index (χ3v) is 18.3. The van der Waals surface area contributed by atoms with Gasteiger partial charge in [-0.05, 0) is 151 Å². The van der Waals surface area contributed by atoms with Crippen molar-refractivity contribution in [2.45, 2.75) is 195 Å². The SMILES string of the molecule is C[C@@H](C(=O)N[C@H](C(=O)N1CCN(C(=O)CNC(=O)c2ccc(C(=O)NCC(=O)N3CCN(C(=O)[C@@H](NC(=O)[C@H](C)N(C)C(=O)OC(C)(C)C)C(C)(C)C)[C@H](C(=O)N[C@@H]4CCCc5ccccc54)C3)cc2)C[C@H]1C(=O)N[C@@H]1CCCc2ccccc21)C(C)(C)C)N(C)C(=O)OC(C)(C)C. The van der Waals surface area contributed by atoms with Gasteiger partial charge in [-0.2, -0.15) is 0 Å². The number of amides is 12. The molecule has 0 spiro atoms. The quantitative estimate of drug-likeness (QED) is 0.0956. The van der Waals surface area contributed by atoms with E-state index in [4.69, 9.17) is 9.47 Å². The average molecular weight is 1360 g/mol. The van der Waals surface area contributed by atoms with Gasteiger partial charge in [-0.3, -0.25) is 57.7 Å². The Morgan fingerprint density at radius 1 is 0.490 bits per heavy atom. The average Bonchev–Trinajstić information content (AvgIpc) is 0.790. The van der Waals surface area contributed by atoms with Crippen LogP contribution in [0.25, 0.3) is 0 Å². The number of likely N-dealkylation sites (N-methyl/N-ethyl adjacent to an activating group) is 2. The molecule has 4 aliphatic rings. The largest absolute Gasteiger partial charge is 0.444 e. The number of ether oxygens (including phenoxy) is 2. The molecule has 0 radical (unpaired) electrons. The van der Waals surface area contributed by atoms with E-state index in [2.05, 4.69) is 31.9 Å². The predicted octanol–water partition coefficient (Wildman–Crippen LogP) is 5.19. The highest BCUT2D eigenvalue weighted by molar-refractivity contribution is 6.01. The summed E-state index contributed by atoms with van der Waals surface area (Å²) < 4.78 is 11.0. The highest BCUT2D eigenvalue weighted by atomic mass is 16.6. The first-order valence-corrected chi connectivity index (χ1v) is 33.9. The van der Waals surface area contributed by atoms with Crippen LogP contribution in [-0.4, -0.2) is 215 Å². The van der Waals surface area contributed by atoms with Gasteiger partial charge < -0.3 is 61.0 Å². The van der Waals surface area contributed by atoms with E-state index in [1.807, 2.05) is 48.5 Å². The predicted molar refractivity (Wildman–Crippen MR) is 365 cm³/mol. The van der Waals surface area contributed by atoms with Crippen LogP contribution in [0.5, 0.6) is 0 Å². The second-order valence-electron chi connectivity index (χ2n) is 30.2. The first kappa shape index (κ1) is 76.3. The van der Waals surface area contributed by atoms with Gasteiger partial charge in [0, 0.05) is 51.4 Å². The molecule has 3 aromatic carbocycles. The van der Waals surface area contributed by atoms with Crippen LogP contribution >= 0.6 is 0 Å². The van der Waals surface area contributed by atoms with Crippen LogP contribution in [0, 0.1) is 10.8 Å². The van der Waals surface area contributed by atoms with E-state index in [0.717, 1.165) is 57.7 Å². The second kappa shape index (κ2) is 31.6. The van der Waals surface area contributed by atoms with Crippen LogP contribution < -0.4 is 31.9 Å². The summed E-state index contributed by atoms with van der Waals surface area (Å²) in [5, 5.41) is 17.3. The Morgan fingerprint density at radius 2 is 0.827 bits per heavy atom. The van der Waals surface area contributed by atoms with Crippen molar-refractivity contribution in [2.24, 2.45) is 10.8 Å². The van der Waals surface area contributed by atoms with Gasteiger partial charge in [0.15, 0.2) is 0 Å². The lowest BCUT2D eigenvalue weighted by atomic mass is 9.85. The molecule has 2 saturated heterocycles. The molecule has 7 rings (SSSR count). The van der Waals surface area contributed by atoms with E-state index in [0.29, 0.717) is 12.8 Å². The number of carbonyl (C=O) groups is 12. The van der Waals surface area contributed by atoms with Crippen molar-refractivity contribution in [3.63, 3.8) is 0 Å². The van der Waals surface area contributed by atoms with Gasteiger partial charge in [0.05, 0.1) is 38.3 Å². The van der Waals surface area contributed by atoms with E-state index >= 15 is 0 Å². The molecule has 2 fully saturated rings. The van der Waals surface area contributed by atoms with Gasteiger partial charge in [0.1, 0.15) is 47.5 Å². The number of rotatable bonds is 18. The number of fused-ring (bicyclic) bond motifs is 2. The fraction of sp³-hybridized carbons (Fsp3) is 0.583. The number of nitrogens with one attached hydrogen (secondary N) is 6. The van der Waals surface area contributed by atoms with Gasteiger partial charge in [0.2, 0.25) is 47.3 Å². The lowest BCUT2D eigenvalue weighted by molar-refractivity contribution is -0.152. The number of hydrogen-bond acceptors (Lipinski definition) is 14. The molecule has 12 amide bonds. The van der Waals surface area contributed by atoms with Gasteiger partial charge in [0.25, 0.3) is 11.8 Å². The standard InChI is InChI=1S/C72H102N12O14/c1-43(79(15)67(95)97-71(9,10)11)59(87)77-57(69(3,4)5)65(93)83-37-35-81(41-53(83)63(91)75-51-29-21-25-45-23-17-19-27-49(45)51)55(85)39-73-61(89)47-31-33-48(34-32-47)62(90)74-40-56(86)82-36-38-84(54(42-82)64(92)76-52-30-22-26-46-24-18-20-28-50(46)52)66(94)58(70(6,7)8)78-60(88)44(2)80(16)68(96)98-72(12,13)14/h17-20,23-24,27-28,31-34,43-44,51-54,57-58H,21-22,25-26,29-30,35-42H2,1-16H3,(H,73,89)(H,74,90)(H,75,91)(H,76,92)(H,77,87)(H,78,88)/t43-,44-,51+,52+,53-,54-,57+,58+/m0/s1. The summed E-state index contributed by atoms with van der Waals surface area (Å²) >= 11 is 0. The second-order valence-corrected chi connectivity index (χ2v) is 30.2. The Hall–Kier alpha value is -9.10. The summed E-state index contributed by atoms with van der Waals surface area (Å²) in [4.78, 5) is 176. The molecule has 26 heteroatoms. The molecule has 8 atom stereocenters. The van der Waals surface area contributed by atoms with Crippen LogP contribution in [0.2, 0.25) is 0 Å². The zero-order valence-electron chi connectivity index (χ0n) is 59.8. The minimum absolute atomic E-state index is 0.0233. The summed E-state index contributed by atoms with van der Waals surface area (Å²) in [5.74, 6) is -5.82. The number of piperazine rings is 2. The molecule has 2 aliphatic carbocycles. The van der Waals surface area contributed by atoms with Crippen LogP contribution in [0.15, 0.2) is 72.8 Å². The third-order valence-electron chi connectivity index (χ3n) is 18.3. The van der Waals surface area contributed by atoms with Crippen LogP contribution in [-0.2, 0) is 60.7 Å². The van der Waals surface area contributed by atoms with Crippen LogP contribution in [0.3, 0.4) is 0 Å². The van der Waals surface area contributed by atoms with Crippen molar-refractivity contribution in [3.05, 3.63) is 106 Å². The van der Waals surface area contributed by atoms with Crippen LogP contribution in [0.4, 0.5) is 9.59 Å². The lowest BCUT2D eigenvalue weighted by Gasteiger charge is -2.44. The topological polar surface area (TPSA) is 315 Å². The molecule has 0 aromatic heterocycles. The van der Waals surface area contributed by atoms with E-state index in [1.54, 1.807) is 83.1 Å². The number of hydrogen-bond donors (Lipinski definition) is 6. The maximum Gasteiger partial charge on any atom is 0.410 e. The first-order valence-electron chi connectivity index (χ1n) is 33.9. The third kappa shape index (κ3) is 19.6. The van der Waals surface area contributed by atoms with Gasteiger partial charge >= 0.3 is 12.2 Å². The van der Waals surface area contributed by atoms with Crippen molar-refractivity contribution < 1.29 is 67.0 Å². The van der Waals surface area contributed by atoms with Crippen molar-refractivity contribution >= 4 is 71.3 Å². The molecule has 26 nitrogen and oxygen atoms in total. The van der Waals surface area contributed by atoms with Gasteiger partial charge in [-0.25, -0.2) is 9.59 Å². The van der Waals surface area contributed by atoms with E-state index in [9.17, 15) is 57.5 Å².